The largest absolute Gasteiger partial charge is 0.465 e. The second kappa shape index (κ2) is 7.20. The summed E-state index contributed by atoms with van der Waals surface area (Å²) in [6.07, 6.45) is 2.88. The van der Waals surface area contributed by atoms with Crippen molar-refractivity contribution in [2.45, 2.75) is 26.3 Å². The summed E-state index contributed by atoms with van der Waals surface area (Å²) in [5.74, 6) is -0.377. The maximum absolute atomic E-state index is 11.6. The molecule has 0 spiro atoms. The third-order valence-electron chi connectivity index (χ3n) is 2.48. The lowest BCUT2D eigenvalue weighted by Crippen LogP contribution is -2.26. The Bertz CT molecular complexity index is 528. The second-order valence-electron chi connectivity index (χ2n) is 4.02. The average molecular weight is 286 g/mol. The highest BCUT2D eigenvalue weighted by Gasteiger charge is 2.11. The summed E-state index contributed by atoms with van der Waals surface area (Å²) in [6.45, 7) is 1.99. The van der Waals surface area contributed by atoms with Crippen molar-refractivity contribution in [2.24, 2.45) is 0 Å². The Morgan fingerprint density at radius 2 is 2.21 bits per heavy atom. The summed E-state index contributed by atoms with van der Waals surface area (Å²) in [7, 11) is -2.00. The van der Waals surface area contributed by atoms with Crippen LogP contribution in [0.5, 0.6) is 0 Å². The number of ether oxygens (including phenoxy) is 1. The molecule has 6 nitrogen and oxygen atoms in total. The lowest BCUT2D eigenvalue weighted by molar-refractivity contribution is 0.0600. The number of esters is 1. The zero-order valence-electron chi connectivity index (χ0n) is 11.0. The number of nitrogens with zero attached hydrogens (tertiary/aromatic N) is 1. The van der Waals surface area contributed by atoms with E-state index < -0.39 is 16.0 Å². The van der Waals surface area contributed by atoms with E-state index in [1.165, 1.54) is 25.4 Å². The Labute approximate surface area is 113 Å². The van der Waals surface area contributed by atoms with Gasteiger partial charge in [-0.1, -0.05) is 13.3 Å². The van der Waals surface area contributed by atoms with E-state index >= 15 is 0 Å². The van der Waals surface area contributed by atoms with Crippen LogP contribution < -0.4 is 4.72 Å². The standard InChI is InChI=1S/C12H18N2O4S/c1-3-4-7-19(16,17)14-9-11-8-10(5-6-13-11)12(15)18-2/h5-6,8,14H,3-4,7,9H2,1-2H3. The summed E-state index contributed by atoms with van der Waals surface area (Å²) < 4.78 is 30.3. The highest BCUT2D eigenvalue weighted by Crippen LogP contribution is 2.04. The number of hydrogen-bond acceptors (Lipinski definition) is 5. The number of nitrogens with one attached hydrogen (secondary N) is 1. The van der Waals surface area contributed by atoms with Crippen molar-refractivity contribution in [3.8, 4) is 0 Å². The molecule has 0 atom stereocenters. The van der Waals surface area contributed by atoms with E-state index in [4.69, 9.17) is 0 Å². The van der Waals surface area contributed by atoms with Gasteiger partial charge in [-0.15, -0.1) is 0 Å². The number of sulfonamides is 1. The number of aromatic nitrogens is 1. The van der Waals surface area contributed by atoms with Crippen molar-refractivity contribution < 1.29 is 17.9 Å². The maximum Gasteiger partial charge on any atom is 0.337 e. The van der Waals surface area contributed by atoms with E-state index in [1.54, 1.807) is 0 Å². The molecule has 19 heavy (non-hydrogen) atoms. The molecule has 1 aromatic heterocycles. The normalized spacial score (nSPS) is 11.3. The molecule has 1 aromatic rings. The molecule has 0 amide bonds. The van der Waals surface area contributed by atoms with Crippen LogP contribution >= 0.6 is 0 Å². The van der Waals surface area contributed by atoms with E-state index in [0.717, 1.165) is 6.42 Å². The summed E-state index contributed by atoms with van der Waals surface area (Å²) in [6, 6.07) is 3.02. The van der Waals surface area contributed by atoms with Gasteiger partial charge < -0.3 is 4.74 Å². The summed E-state index contributed by atoms with van der Waals surface area (Å²) in [5.41, 5.74) is 0.822. The molecule has 0 aromatic carbocycles. The highest BCUT2D eigenvalue weighted by molar-refractivity contribution is 7.89. The molecule has 1 heterocycles. The molecule has 1 N–H and O–H groups in total. The van der Waals surface area contributed by atoms with Crippen molar-refractivity contribution in [1.82, 2.24) is 9.71 Å². The number of carbonyl (C=O) groups is 1. The minimum absolute atomic E-state index is 0.0664. The second-order valence-corrected chi connectivity index (χ2v) is 5.95. The van der Waals surface area contributed by atoms with Crippen LogP contribution in [-0.4, -0.2) is 32.2 Å². The van der Waals surface area contributed by atoms with Crippen LogP contribution in [0.2, 0.25) is 0 Å². The molecular weight excluding hydrogens is 268 g/mol. The van der Waals surface area contributed by atoms with E-state index in [-0.39, 0.29) is 12.3 Å². The molecule has 0 fully saturated rings. The minimum atomic E-state index is -3.29. The van der Waals surface area contributed by atoms with Crippen LogP contribution in [0.1, 0.15) is 35.8 Å². The quantitative estimate of drug-likeness (QED) is 0.758. The van der Waals surface area contributed by atoms with Crippen molar-refractivity contribution >= 4 is 16.0 Å². The van der Waals surface area contributed by atoms with Crippen LogP contribution in [-0.2, 0) is 21.3 Å². The van der Waals surface area contributed by atoms with E-state index in [9.17, 15) is 13.2 Å². The molecule has 0 aliphatic carbocycles. The van der Waals surface area contributed by atoms with Crippen LogP contribution in [0, 0.1) is 0 Å². The van der Waals surface area contributed by atoms with Gasteiger partial charge in [0.05, 0.1) is 30.7 Å². The van der Waals surface area contributed by atoms with Crippen LogP contribution in [0.4, 0.5) is 0 Å². The van der Waals surface area contributed by atoms with Crippen molar-refractivity contribution in [3.05, 3.63) is 29.6 Å². The fraction of sp³-hybridized carbons (Fsp3) is 0.500. The topological polar surface area (TPSA) is 85.4 Å². The van der Waals surface area contributed by atoms with Gasteiger partial charge >= 0.3 is 5.97 Å². The molecule has 0 bridgehead atoms. The number of pyridine rings is 1. The molecular formula is C12H18N2O4S. The van der Waals surface area contributed by atoms with Gasteiger partial charge in [0.25, 0.3) is 0 Å². The molecule has 7 heteroatoms. The van der Waals surface area contributed by atoms with Crippen LogP contribution in [0.15, 0.2) is 18.3 Å². The van der Waals surface area contributed by atoms with Gasteiger partial charge in [0.15, 0.2) is 0 Å². The van der Waals surface area contributed by atoms with Gasteiger partial charge in [0, 0.05) is 6.20 Å². The van der Waals surface area contributed by atoms with Gasteiger partial charge in [-0.3, -0.25) is 4.98 Å². The van der Waals surface area contributed by atoms with E-state index in [2.05, 4.69) is 14.4 Å². The Morgan fingerprint density at radius 1 is 1.47 bits per heavy atom. The average Bonchev–Trinajstić information content (AvgIpc) is 2.42. The van der Waals surface area contributed by atoms with Gasteiger partial charge in [-0.25, -0.2) is 17.9 Å². The zero-order valence-corrected chi connectivity index (χ0v) is 11.9. The molecule has 0 aliphatic rings. The Balaban J connectivity index is 2.65. The molecule has 0 saturated heterocycles. The van der Waals surface area contributed by atoms with Gasteiger partial charge in [0.2, 0.25) is 10.0 Å². The third-order valence-corrected chi connectivity index (χ3v) is 3.89. The van der Waals surface area contributed by atoms with Gasteiger partial charge in [-0.05, 0) is 18.6 Å². The lowest BCUT2D eigenvalue weighted by atomic mass is 10.2. The number of hydrogen-bond donors (Lipinski definition) is 1. The third kappa shape index (κ3) is 5.35. The SMILES string of the molecule is CCCCS(=O)(=O)NCc1cc(C(=O)OC)ccn1. The summed E-state index contributed by atoms with van der Waals surface area (Å²) in [4.78, 5) is 15.3. The predicted molar refractivity (Wildman–Crippen MR) is 71.1 cm³/mol. The minimum Gasteiger partial charge on any atom is -0.465 e. The molecule has 1 rings (SSSR count). The lowest BCUT2D eigenvalue weighted by Gasteiger charge is -2.06. The van der Waals surface area contributed by atoms with E-state index in [0.29, 0.717) is 17.7 Å². The highest BCUT2D eigenvalue weighted by atomic mass is 32.2. The summed E-state index contributed by atoms with van der Waals surface area (Å²) in [5, 5.41) is 0. The van der Waals surface area contributed by atoms with Crippen LogP contribution in [0.25, 0.3) is 0 Å². The first-order valence-electron chi connectivity index (χ1n) is 5.99. The molecule has 0 unspecified atom stereocenters. The predicted octanol–water partition coefficient (Wildman–Crippen LogP) is 1.09. The first-order valence-corrected chi connectivity index (χ1v) is 7.64. The number of rotatable bonds is 7. The molecule has 106 valence electrons. The monoisotopic (exact) mass is 286 g/mol. The van der Waals surface area contributed by atoms with E-state index in [1.807, 2.05) is 6.92 Å². The Hall–Kier alpha value is -1.47. The van der Waals surface area contributed by atoms with Gasteiger partial charge in [-0.2, -0.15) is 0 Å². The number of carbonyl (C=O) groups excluding carboxylic acids is 1. The van der Waals surface area contributed by atoms with Crippen molar-refractivity contribution in [2.75, 3.05) is 12.9 Å². The first kappa shape index (κ1) is 15.6. The molecule has 0 radical (unpaired) electrons. The molecule has 0 aliphatic heterocycles. The van der Waals surface area contributed by atoms with Crippen molar-refractivity contribution in [3.63, 3.8) is 0 Å². The zero-order chi connectivity index (χ0) is 14.3. The first-order chi connectivity index (χ1) is 8.98. The fourth-order valence-corrected chi connectivity index (χ4v) is 2.59. The smallest absolute Gasteiger partial charge is 0.337 e. The fourth-order valence-electron chi connectivity index (χ4n) is 1.41. The number of unbranched alkanes of at least 4 members (excludes halogenated alkanes) is 1. The Morgan fingerprint density at radius 3 is 2.84 bits per heavy atom. The van der Waals surface area contributed by atoms with Gasteiger partial charge in [0.1, 0.15) is 0 Å². The van der Waals surface area contributed by atoms with Crippen LogP contribution in [0.3, 0.4) is 0 Å². The molecule has 0 saturated carbocycles. The maximum atomic E-state index is 11.6. The summed E-state index contributed by atoms with van der Waals surface area (Å²) >= 11 is 0. The van der Waals surface area contributed by atoms with Crippen molar-refractivity contribution in [1.29, 1.82) is 0 Å². The number of methoxy groups -OCH3 is 1. The Kier molecular flexibility index (Phi) is 5.91.